The van der Waals surface area contributed by atoms with E-state index < -0.39 is 5.91 Å². The zero-order valence-corrected chi connectivity index (χ0v) is 14.4. The molecule has 2 aromatic carbocycles. The fraction of sp³-hybridized carbons (Fsp3) is 0.263. The minimum Gasteiger partial charge on any atom is -0.504 e. The maximum Gasteiger partial charge on any atom is 0.277 e. The summed E-state index contributed by atoms with van der Waals surface area (Å²) < 4.78 is 10.4. The Morgan fingerprint density at radius 1 is 1.24 bits per heavy atom. The topological polar surface area (TPSA) is 80.2 Å². The molecule has 2 aromatic rings. The van der Waals surface area contributed by atoms with E-state index in [4.69, 9.17) is 9.47 Å². The Morgan fingerprint density at radius 2 is 2.00 bits per heavy atom. The van der Waals surface area contributed by atoms with Crippen LogP contribution in [0, 0.1) is 0 Å². The van der Waals surface area contributed by atoms with E-state index in [9.17, 15) is 9.90 Å². The predicted octanol–water partition coefficient (Wildman–Crippen LogP) is 2.88. The van der Waals surface area contributed by atoms with Crippen molar-refractivity contribution in [3.05, 3.63) is 53.6 Å². The van der Waals surface area contributed by atoms with Crippen LogP contribution in [0.15, 0.2) is 47.6 Å². The summed E-state index contributed by atoms with van der Waals surface area (Å²) >= 11 is 0. The van der Waals surface area contributed by atoms with Crippen LogP contribution in [0.3, 0.4) is 0 Å². The first-order valence-corrected chi connectivity index (χ1v) is 8.03. The Kier molecular flexibility index (Phi) is 6.83. The molecule has 0 saturated heterocycles. The van der Waals surface area contributed by atoms with E-state index in [2.05, 4.69) is 17.5 Å². The zero-order valence-electron chi connectivity index (χ0n) is 14.4. The molecule has 0 aliphatic heterocycles. The van der Waals surface area contributed by atoms with Crippen LogP contribution in [0.2, 0.25) is 0 Å². The number of hydrazone groups is 1. The van der Waals surface area contributed by atoms with Gasteiger partial charge >= 0.3 is 0 Å². The van der Waals surface area contributed by atoms with Crippen molar-refractivity contribution in [2.24, 2.45) is 5.10 Å². The average molecular weight is 342 g/mol. The second-order valence-corrected chi connectivity index (χ2v) is 5.37. The molecule has 0 unspecified atom stereocenters. The second kappa shape index (κ2) is 9.32. The van der Waals surface area contributed by atoms with Gasteiger partial charge in [-0.2, -0.15) is 5.10 Å². The molecule has 6 nitrogen and oxygen atoms in total. The van der Waals surface area contributed by atoms with Crippen LogP contribution in [0.25, 0.3) is 0 Å². The quantitative estimate of drug-likeness (QED) is 0.571. The number of phenolic OH excluding ortho intramolecular Hbond substituents is 1. The summed E-state index contributed by atoms with van der Waals surface area (Å²) in [4.78, 5) is 11.7. The first kappa shape index (κ1) is 18.3. The minimum absolute atomic E-state index is 0.0357. The summed E-state index contributed by atoms with van der Waals surface area (Å²) in [5.74, 6) is 0.539. The molecule has 0 spiro atoms. The number of carbonyl (C=O) groups excluding carboxylic acids is 1. The van der Waals surface area contributed by atoms with Gasteiger partial charge in [-0.1, -0.05) is 31.5 Å². The van der Waals surface area contributed by atoms with Crippen molar-refractivity contribution >= 4 is 12.1 Å². The van der Waals surface area contributed by atoms with Crippen molar-refractivity contribution in [2.75, 3.05) is 13.7 Å². The van der Waals surface area contributed by atoms with Crippen molar-refractivity contribution in [3.8, 4) is 17.2 Å². The molecule has 1 amide bonds. The van der Waals surface area contributed by atoms with Crippen molar-refractivity contribution in [1.82, 2.24) is 5.43 Å². The average Bonchev–Trinajstić information content (AvgIpc) is 2.63. The molecule has 2 N–H and O–H groups in total. The molecule has 6 heteroatoms. The zero-order chi connectivity index (χ0) is 18.1. The number of nitrogens with one attached hydrogen (secondary N) is 1. The van der Waals surface area contributed by atoms with Gasteiger partial charge in [0, 0.05) is 5.56 Å². The summed E-state index contributed by atoms with van der Waals surface area (Å²) in [6, 6.07) is 12.7. The number of aromatic hydroxyl groups is 1. The van der Waals surface area contributed by atoms with E-state index in [1.54, 1.807) is 18.2 Å². The first-order valence-electron chi connectivity index (χ1n) is 8.03. The number of ether oxygens (including phenoxy) is 2. The number of phenols is 1. The molecular weight excluding hydrogens is 320 g/mol. The Bertz CT molecular complexity index is 727. The standard InChI is InChI=1S/C19H22N2O4/c1-3-5-14-8-10-16(11-9-14)25-13-18(22)21-20-12-15-6-4-7-17(24-2)19(15)23/h4,6-12,23H,3,5,13H2,1-2H3,(H,21,22). The third-order valence-corrected chi connectivity index (χ3v) is 3.47. The monoisotopic (exact) mass is 342 g/mol. The summed E-state index contributed by atoms with van der Waals surface area (Å²) in [6.45, 7) is 1.98. The number of methoxy groups -OCH3 is 1. The van der Waals surface area contributed by atoms with Crippen LogP contribution in [0.5, 0.6) is 17.2 Å². The summed E-state index contributed by atoms with van der Waals surface area (Å²) in [5.41, 5.74) is 4.03. The molecule has 0 heterocycles. The van der Waals surface area contributed by atoms with Gasteiger partial charge in [0.15, 0.2) is 18.1 Å². The number of nitrogens with zero attached hydrogens (tertiary/aromatic N) is 1. The van der Waals surface area contributed by atoms with Gasteiger partial charge in [-0.25, -0.2) is 5.43 Å². The number of carbonyl (C=O) groups is 1. The molecule has 25 heavy (non-hydrogen) atoms. The highest BCUT2D eigenvalue weighted by Gasteiger charge is 2.05. The second-order valence-electron chi connectivity index (χ2n) is 5.37. The van der Waals surface area contributed by atoms with Gasteiger partial charge < -0.3 is 14.6 Å². The number of para-hydroxylation sites is 1. The fourth-order valence-electron chi connectivity index (χ4n) is 2.20. The molecule has 0 aliphatic rings. The highest BCUT2D eigenvalue weighted by atomic mass is 16.5. The Hall–Kier alpha value is -3.02. The lowest BCUT2D eigenvalue weighted by molar-refractivity contribution is -0.123. The van der Waals surface area contributed by atoms with Crippen LogP contribution in [0.4, 0.5) is 0 Å². The number of hydrogen-bond donors (Lipinski definition) is 2. The number of hydrogen-bond acceptors (Lipinski definition) is 5. The van der Waals surface area contributed by atoms with Crippen LogP contribution in [-0.4, -0.2) is 30.9 Å². The summed E-state index contributed by atoms with van der Waals surface area (Å²) in [6.07, 6.45) is 3.45. The lowest BCUT2D eigenvalue weighted by Gasteiger charge is -2.06. The highest BCUT2D eigenvalue weighted by Crippen LogP contribution is 2.27. The van der Waals surface area contributed by atoms with E-state index in [1.807, 2.05) is 24.3 Å². The normalized spacial score (nSPS) is 10.6. The Balaban J connectivity index is 1.82. The van der Waals surface area contributed by atoms with E-state index in [1.165, 1.54) is 18.9 Å². The number of rotatable bonds is 8. The van der Waals surface area contributed by atoms with Crippen molar-refractivity contribution in [3.63, 3.8) is 0 Å². The number of benzene rings is 2. The van der Waals surface area contributed by atoms with Gasteiger partial charge in [-0.3, -0.25) is 4.79 Å². The molecule has 0 bridgehead atoms. The first-order chi connectivity index (χ1) is 12.1. The van der Waals surface area contributed by atoms with Crippen LogP contribution in [-0.2, 0) is 11.2 Å². The predicted molar refractivity (Wildman–Crippen MR) is 96.3 cm³/mol. The number of aryl methyl sites for hydroxylation is 1. The van der Waals surface area contributed by atoms with Gasteiger partial charge in [0.2, 0.25) is 0 Å². The molecule has 0 fully saturated rings. The highest BCUT2D eigenvalue weighted by molar-refractivity contribution is 5.86. The molecule has 0 atom stereocenters. The Labute approximate surface area is 147 Å². The fourth-order valence-corrected chi connectivity index (χ4v) is 2.20. The van der Waals surface area contributed by atoms with Gasteiger partial charge in [-0.05, 0) is 36.2 Å². The molecule has 132 valence electrons. The van der Waals surface area contributed by atoms with Crippen LogP contribution >= 0.6 is 0 Å². The molecule has 0 radical (unpaired) electrons. The molecule has 0 aromatic heterocycles. The smallest absolute Gasteiger partial charge is 0.277 e. The van der Waals surface area contributed by atoms with Gasteiger partial charge in [0.25, 0.3) is 5.91 Å². The maximum absolute atomic E-state index is 11.7. The number of amides is 1. The van der Waals surface area contributed by atoms with Crippen molar-refractivity contribution < 1.29 is 19.4 Å². The third-order valence-electron chi connectivity index (χ3n) is 3.47. The lowest BCUT2D eigenvalue weighted by atomic mass is 10.1. The molecular formula is C19H22N2O4. The minimum atomic E-state index is -0.392. The summed E-state index contributed by atoms with van der Waals surface area (Å²) in [5, 5.41) is 13.7. The van der Waals surface area contributed by atoms with Gasteiger partial charge in [-0.15, -0.1) is 0 Å². The molecule has 0 aliphatic carbocycles. The van der Waals surface area contributed by atoms with Gasteiger partial charge in [0.1, 0.15) is 5.75 Å². The van der Waals surface area contributed by atoms with E-state index in [0.717, 1.165) is 12.8 Å². The third kappa shape index (κ3) is 5.53. The largest absolute Gasteiger partial charge is 0.504 e. The van der Waals surface area contributed by atoms with E-state index in [0.29, 0.717) is 17.1 Å². The van der Waals surface area contributed by atoms with E-state index >= 15 is 0 Å². The van der Waals surface area contributed by atoms with Gasteiger partial charge in [0.05, 0.1) is 13.3 Å². The maximum atomic E-state index is 11.7. The van der Waals surface area contributed by atoms with Crippen LogP contribution < -0.4 is 14.9 Å². The van der Waals surface area contributed by atoms with Crippen molar-refractivity contribution in [2.45, 2.75) is 19.8 Å². The SMILES string of the molecule is CCCc1ccc(OCC(=O)NN=Cc2cccc(OC)c2O)cc1. The van der Waals surface area contributed by atoms with Crippen LogP contribution in [0.1, 0.15) is 24.5 Å². The molecule has 2 rings (SSSR count). The van der Waals surface area contributed by atoms with Crippen molar-refractivity contribution in [1.29, 1.82) is 0 Å². The Morgan fingerprint density at radius 3 is 2.68 bits per heavy atom. The lowest BCUT2D eigenvalue weighted by Crippen LogP contribution is -2.24. The molecule has 0 saturated carbocycles. The van der Waals surface area contributed by atoms with E-state index in [-0.39, 0.29) is 12.4 Å². The summed E-state index contributed by atoms with van der Waals surface area (Å²) in [7, 11) is 1.46.